The number of nitrogens with one attached hydrogen (secondary N) is 2. The first-order valence-corrected chi connectivity index (χ1v) is 8.60. The topological polar surface area (TPSA) is 110 Å². The minimum absolute atomic E-state index is 0.144. The van der Waals surface area contributed by atoms with E-state index in [0.717, 1.165) is 0 Å². The SMILES string of the molecule is C=CCNc1nnc(S[C@@H](C)C(=O)Nc2ccccc2[N+](=O)[O-])s1. The summed E-state index contributed by atoms with van der Waals surface area (Å²) in [6.45, 7) is 5.88. The Kier molecular flexibility index (Phi) is 6.27. The first-order valence-electron chi connectivity index (χ1n) is 6.90. The van der Waals surface area contributed by atoms with E-state index in [2.05, 4.69) is 27.4 Å². The molecule has 0 radical (unpaired) electrons. The molecule has 1 atom stereocenters. The van der Waals surface area contributed by atoms with Crippen LogP contribution in [-0.4, -0.2) is 32.8 Å². The summed E-state index contributed by atoms with van der Waals surface area (Å²) >= 11 is 2.56. The first-order chi connectivity index (χ1) is 11.5. The van der Waals surface area contributed by atoms with Gasteiger partial charge in [-0.2, -0.15) is 0 Å². The van der Waals surface area contributed by atoms with E-state index in [1.165, 1.54) is 35.2 Å². The molecule has 0 spiro atoms. The summed E-state index contributed by atoms with van der Waals surface area (Å²) in [6, 6.07) is 6.01. The highest BCUT2D eigenvalue weighted by atomic mass is 32.2. The lowest BCUT2D eigenvalue weighted by atomic mass is 10.2. The lowest BCUT2D eigenvalue weighted by molar-refractivity contribution is -0.383. The summed E-state index contributed by atoms with van der Waals surface area (Å²) in [4.78, 5) is 22.7. The molecule has 0 aliphatic heterocycles. The van der Waals surface area contributed by atoms with E-state index < -0.39 is 10.2 Å². The van der Waals surface area contributed by atoms with Gasteiger partial charge < -0.3 is 10.6 Å². The number of thioether (sulfide) groups is 1. The zero-order chi connectivity index (χ0) is 17.5. The molecule has 0 aliphatic rings. The minimum Gasteiger partial charge on any atom is -0.357 e. The van der Waals surface area contributed by atoms with Crippen molar-refractivity contribution < 1.29 is 9.72 Å². The van der Waals surface area contributed by atoms with Crippen molar-refractivity contribution in [1.82, 2.24) is 10.2 Å². The van der Waals surface area contributed by atoms with Gasteiger partial charge in [0.1, 0.15) is 5.69 Å². The molecule has 0 saturated carbocycles. The molecule has 2 aromatic rings. The maximum Gasteiger partial charge on any atom is 0.292 e. The van der Waals surface area contributed by atoms with Crippen LogP contribution < -0.4 is 10.6 Å². The number of hydrogen-bond acceptors (Lipinski definition) is 8. The maximum absolute atomic E-state index is 12.2. The van der Waals surface area contributed by atoms with Crippen molar-refractivity contribution in [2.24, 2.45) is 0 Å². The predicted molar refractivity (Wildman–Crippen MR) is 95.6 cm³/mol. The van der Waals surface area contributed by atoms with Crippen molar-refractivity contribution in [3.8, 4) is 0 Å². The van der Waals surface area contributed by atoms with E-state index in [1.54, 1.807) is 25.1 Å². The van der Waals surface area contributed by atoms with Crippen molar-refractivity contribution >= 4 is 45.5 Å². The van der Waals surface area contributed by atoms with E-state index in [9.17, 15) is 14.9 Å². The Morgan fingerprint density at radius 3 is 2.96 bits per heavy atom. The first kappa shape index (κ1) is 17.9. The molecule has 0 fully saturated rings. The van der Waals surface area contributed by atoms with Crippen LogP contribution in [0.1, 0.15) is 6.92 Å². The van der Waals surface area contributed by atoms with Gasteiger partial charge in [-0.05, 0) is 13.0 Å². The lowest BCUT2D eigenvalue weighted by Crippen LogP contribution is -2.22. The number of anilines is 2. The highest BCUT2D eigenvalue weighted by Gasteiger charge is 2.20. The molecule has 1 heterocycles. The van der Waals surface area contributed by atoms with Gasteiger partial charge in [0.05, 0.1) is 10.2 Å². The average Bonchev–Trinajstić information content (AvgIpc) is 3.00. The van der Waals surface area contributed by atoms with E-state index in [-0.39, 0.29) is 17.3 Å². The summed E-state index contributed by atoms with van der Waals surface area (Å²) in [6.07, 6.45) is 1.71. The minimum atomic E-state index is -0.532. The van der Waals surface area contributed by atoms with Gasteiger partial charge in [-0.15, -0.1) is 16.8 Å². The standard InChI is InChI=1S/C14H15N5O3S2/c1-3-8-15-13-17-18-14(24-13)23-9(2)12(20)16-10-6-4-5-7-11(10)19(21)22/h3-7,9H,1,8H2,2H3,(H,15,17)(H,16,20)/t9-/m0/s1. The van der Waals surface area contributed by atoms with Crippen molar-refractivity contribution in [3.63, 3.8) is 0 Å². The Morgan fingerprint density at radius 1 is 1.50 bits per heavy atom. The molecule has 0 aliphatic carbocycles. The van der Waals surface area contributed by atoms with Crippen LogP contribution in [0.2, 0.25) is 0 Å². The largest absolute Gasteiger partial charge is 0.357 e. The highest BCUT2D eigenvalue weighted by Crippen LogP contribution is 2.30. The molecular weight excluding hydrogens is 350 g/mol. The van der Waals surface area contributed by atoms with Gasteiger partial charge in [0, 0.05) is 12.6 Å². The molecule has 2 rings (SSSR count). The van der Waals surface area contributed by atoms with Crippen LogP contribution in [0.3, 0.4) is 0 Å². The van der Waals surface area contributed by atoms with E-state index in [0.29, 0.717) is 16.0 Å². The molecular formula is C14H15N5O3S2. The Morgan fingerprint density at radius 2 is 2.25 bits per heavy atom. The summed E-state index contributed by atoms with van der Waals surface area (Å²) in [5, 5.41) is 24.7. The fourth-order valence-corrected chi connectivity index (χ4v) is 3.57. The van der Waals surface area contributed by atoms with Gasteiger partial charge in [0.2, 0.25) is 11.0 Å². The molecule has 24 heavy (non-hydrogen) atoms. The number of rotatable bonds is 8. The molecule has 8 nitrogen and oxygen atoms in total. The van der Waals surface area contributed by atoms with Gasteiger partial charge in [-0.3, -0.25) is 14.9 Å². The Labute approximate surface area is 146 Å². The molecule has 1 aromatic carbocycles. The molecule has 0 saturated heterocycles. The summed E-state index contributed by atoms with van der Waals surface area (Å²) in [5.41, 5.74) is 0.0282. The van der Waals surface area contributed by atoms with Gasteiger partial charge in [0.25, 0.3) is 5.69 Å². The van der Waals surface area contributed by atoms with Gasteiger partial charge in [-0.1, -0.05) is 41.3 Å². The Bertz CT molecular complexity index is 750. The molecule has 10 heteroatoms. The zero-order valence-corrected chi connectivity index (χ0v) is 14.4. The number of nitro benzene ring substituents is 1. The zero-order valence-electron chi connectivity index (χ0n) is 12.8. The number of amides is 1. The van der Waals surface area contributed by atoms with Crippen LogP contribution in [0.5, 0.6) is 0 Å². The maximum atomic E-state index is 12.2. The van der Waals surface area contributed by atoms with Crippen LogP contribution in [-0.2, 0) is 4.79 Å². The summed E-state index contributed by atoms with van der Waals surface area (Å²) < 4.78 is 0.631. The lowest BCUT2D eigenvalue weighted by Gasteiger charge is -2.10. The molecule has 126 valence electrons. The molecule has 1 aromatic heterocycles. The number of nitrogens with zero attached hydrogens (tertiary/aromatic N) is 3. The second kappa shape index (κ2) is 8.41. The van der Waals surface area contributed by atoms with Crippen LogP contribution in [0.15, 0.2) is 41.3 Å². The van der Waals surface area contributed by atoms with E-state index in [4.69, 9.17) is 0 Å². The Balaban J connectivity index is 1.98. The van der Waals surface area contributed by atoms with Crippen molar-refractivity contribution in [2.75, 3.05) is 17.2 Å². The third-order valence-electron chi connectivity index (χ3n) is 2.81. The quantitative estimate of drug-likeness (QED) is 0.320. The van der Waals surface area contributed by atoms with Crippen LogP contribution >= 0.6 is 23.1 Å². The number of aromatic nitrogens is 2. The van der Waals surface area contributed by atoms with E-state index in [1.807, 2.05) is 0 Å². The molecule has 0 unspecified atom stereocenters. The van der Waals surface area contributed by atoms with Gasteiger partial charge in [0.15, 0.2) is 4.34 Å². The fraction of sp³-hybridized carbons (Fsp3) is 0.214. The van der Waals surface area contributed by atoms with Crippen LogP contribution in [0.25, 0.3) is 0 Å². The average molecular weight is 365 g/mol. The number of carbonyl (C=O) groups is 1. The predicted octanol–water partition coefficient (Wildman–Crippen LogP) is 3.16. The summed E-state index contributed by atoms with van der Waals surface area (Å²) in [7, 11) is 0. The number of para-hydroxylation sites is 2. The fourth-order valence-electron chi connectivity index (χ4n) is 1.67. The third kappa shape index (κ3) is 4.77. The molecule has 2 N–H and O–H groups in total. The van der Waals surface area contributed by atoms with Gasteiger partial charge in [-0.25, -0.2) is 0 Å². The van der Waals surface area contributed by atoms with Crippen molar-refractivity contribution in [1.29, 1.82) is 0 Å². The normalized spacial score (nSPS) is 11.5. The van der Waals surface area contributed by atoms with Crippen molar-refractivity contribution in [3.05, 3.63) is 47.0 Å². The number of nitro groups is 1. The smallest absolute Gasteiger partial charge is 0.292 e. The number of benzene rings is 1. The van der Waals surface area contributed by atoms with Crippen LogP contribution in [0, 0.1) is 10.1 Å². The second-order valence-electron chi connectivity index (χ2n) is 4.57. The van der Waals surface area contributed by atoms with Crippen molar-refractivity contribution in [2.45, 2.75) is 16.5 Å². The Hall–Kier alpha value is -2.46. The molecule has 0 bridgehead atoms. The van der Waals surface area contributed by atoms with Crippen LogP contribution in [0.4, 0.5) is 16.5 Å². The monoisotopic (exact) mass is 365 g/mol. The van der Waals surface area contributed by atoms with E-state index >= 15 is 0 Å². The number of hydrogen-bond donors (Lipinski definition) is 2. The molecule has 1 amide bonds. The number of carbonyl (C=O) groups excluding carboxylic acids is 1. The van der Waals surface area contributed by atoms with Gasteiger partial charge >= 0.3 is 0 Å². The summed E-state index contributed by atoms with van der Waals surface area (Å²) in [5.74, 6) is -0.342. The second-order valence-corrected chi connectivity index (χ2v) is 7.13. The third-order valence-corrected chi connectivity index (χ3v) is 4.87. The highest BCUT2D eigenvalue weighted by molar-refractivity contribution is 8.02.